The molecule has 4 rings (SSSR count). The normalized spacial score (nSPS) is 10.9. The van der Waals surface area contributed by atoms with Gasteiger partial charge in [-0.05, 0) is 18.2 Å². The summed E-state index contributed by atoms with van der Waals surface area (Å²) < 4.78 is 20.5. The lowest BCUT2D eigenvalue weighted by molar-refractivity contribution is 0.102. The second-order valence-corrected chi connectivity index (χ2v) is 6.12. The van der Waals surface area contributed by atoms with Crippen molar-refractivity contribution in [1.29, 1.82) is 0 Å². The molecule has 0 spiro atoms. The fourth-order valence-corrected chi connectivity index (χ4v) is 2.73. The van der Waals surface area contributed by atoms with Crippen LogP contribution < -0.4 is 5.32 Å². The standard InChI is InChI=1S/C18H13ClFN5O2/c19-12-10-25(9-11-4-1-2-5-13(11)20)24-17(12)21-18(26)15-8-14(22-23-15)16-6-3-7-27-16/h1-8,10H,9H2,(H,22,23)(H,21,24,26). The number of nitrogens with one attached hydrogen (secondary N) is 2. The number of hydrogen-bond acceptors (Lipinski definition) is 4. The zero-order chi connectivity index (χ0) is 18.8. The van der Waals surface area contributed by atoms with E-state index in [4.69, 9.17) is 16.0 Å². The first-order chi connectivity index (χ1) is 13.1. The van der Waals surface area contributed by atoms with Gasteiger partial charge in [0.25, 0.3) is 5.91 Å². The molecule has 0 saturated heterocycles. The van der Waals surface area contributed by atoms with Crippen LogP contribution in [0.2, 0.25) is 5.02 Å². The van der Waals surface area contributed by atoms with E-state index in [-0.39, 0.29) is 28.9 Å². The number of aromatic nitrogens is 4. The predicted molar refractivity (Wildman–Crippen MR) is 97.0 cm³/mol. The van der Waals surface area contributed by atoms with Crippen LogP contribution in [0, 0.1) is 5.82 Å². The van der Waals surface area contributed by atoms with Crippen LogP contribution in [0.5, 0.6) is 0 Å². The molecule has 7 nitrogen and oxygen atoms in total. The molecule has 1 amide bonds. The van der Waals surface area contributed by atoms with E-state index in [9.17, 15) is 9.18 Å². The first-order valence-corrected chi connectivity index (χ1v) is 8.35. The largest absolute Gasteiger partial charge is 0.463 e. The third-order valence-corrected chi connectivity index (χ3v) is 4.11. The molecule has 9 heteroatoms. The Morgan fingerprint density at radius 1 is 1.30 bits per heavy atom. The van der Waals surface area contributed by atoms with Gasteiger partial charge in [0.2, 0.25) is 0 Å². The average Bonchev–Trinajstić information content (AvgIpc) is 3.38. The van der Waals surface area contributed by atoms with Crippen molar-refractivity contribution in [2.75, 3.05) is 5.32 Å². The van der Waals surface area contributed by atoms with Crippen LogP contribution in [0.25, 0.3) is 11.5 Å². The van der Waals surface area contributed by atoms with E-state index in [1.54, 1.807) is 36.4 Å². The van der Waals surface area contributed by atoms with Gasteiger partial charge in [-0.1, -0.05) is 29.8 Å². The smallest absolute Gasteiger partial charge is 0.277 e. The van der Waals surface area contributed by atoms with Crippen LogP contribution in [0.3, 0.4) is 0 Å². The van der Waals surface area contributed by atoms with Gasteiger partial charge >= 0.3 is 0 Å². The summed E-state index contributed by atoms with van der Waals surface area (Å²) in [5.41, 5.74) is 1.19. The van der Waals surface area contributed by atoms with E-state index in [1.807, 2.05) is 0 Å². The zero-order valence-corrected chi connectivity index (χ0v) is 14.6. The van der Waals surface area contributed by atoms with Crippen molar-refractivity contribution >= 4 is 23.3 Å². The summed E-state index contributed by atoms with van der Waals surface area (Å²) in [6.07, 6.45) is 3.04. The fourth-order valence-electron chi connectivity index (χ4n) is 2.53. The summed E-state index contributed by atoms with van der Waals surface area (Å²) in [5, 5.41) is 13.7. The third-order valence-electron chi connectivity index (χ3n) is 3.84. The van der Waals surface area contributed by atoms with Gasteiger partial charge in [0.15, 0.2) is 17.3 Å². The van der Waals surface area contributed by atoms with Gasteiger partial charge < -0.3 is 9.73 Å². The van der Waals surface area contributed by atoms with Gasteiger partial charge in [-0.15, -0.1) is 0 Å². The van der Waals surface area contributed by atoms with Crippen LogP contribution >= 0.6 is 11.6 Å². The molecule has 0 aliphatic carbocycles. The number of anilines is 1. The lowest BCUT2D eigenvalue weighted by atomic mass is 10.2. The number of rotatable bonds is 5. The number of benzene rings is 1. The van der Waals surface area contributed by atoms with E-state index >= 15 is 0 Å². The Bertz CT molecular complexity index is 1090. The maximum atomic E-state index is 13.8. The summed E-state index contributed by atoms with van der Waals surface area (Å²) in [6.45, 7) is 0.188. The highest BCUT2D eigenvalue weighted by Gasteiger charge is 2.16. The monoisotopic (exact) mass is 385 g/mol. The molecular formula is C18H13ClFN5O2. The van der Waals surface area contributed by atoms with Gasteiger partial charge in [-0.25, -0.2) is 4.39 Å². The molecule has 0 radical (unpaired) electrons. The lowest BCUT2D eigenvalue weighted by Crippen LogP contribution is -2.13. The molecule has 0 saturated carbocycles. The Kier molecular flexibility index (Phi) is 4.47. The van der Waals surface area contributed by atoms with Crippen LogP contribution in [0.15, 0.2) is 59.3 Å². The molecule has 0 fully saturated rings. The minimum atomic E-state index is -0.484. The van der Waals surface area contributed by atoms with Gasteiger partial charge in [-0.2, -0.15) is 10.2 Å². The summed E-state index contributed by atoms with van der Waals surface area (Å²) in [7, 11) is 0. The van der Waals surface area contributed by atoms with E-state index in [2.05, 4.69) is 20.6 Å². The maximum absolute atomic E-state index is 13.8. The highest BCUT2D eigenvalue weighted by atomic mass is 35.5. The number of carbonyl (C=O) groups excluding carboxylic acids is 1. The first kappa shape index (κ1) is 17.0. The van der Waals surface area contributed by atoms with Crippen LogP contribution in [-0.2, 0) is 6.54 Å². The van der Waals surface area contributed by atoms with Crippen molar-refractivity contribution in [2.45, 2.75) is 6.54 Å². The number of nitrogens with zero attached hydrogens (tertiary/aromatic N) is 3. The maximum Gasteiger partial charge on any atom is 0.277 e. The predicted octanol–water partition coefficient (Wildman–Crippen LogP) is 3.96. The van der Waals surface area contributed by atoms with Crippen LogP contribution in [0.1, 0.15) is 16.1 Å². The Morgan fingerprint density at radius 3 is 2.93 bits per heavy atom. The molecule has 0 bridgehead atoms. The summed E-state index contributed by atoms with van der Waals surface area (Å²) in [4.78, 5) is 12.4. The molecule has 3 aromatic heterocycles. The molecule has 0 aliphatic heterocycles. The van der Waals surface area contributed by atoms with Crippen molar-refractivity contribution in [3.8, 4) is 11.5 Å². The lowest BCUT2D eigenvalue weighted by Gasteiger charge is -2.03. The molecule has 3 heterocycles. The number of carbonyl (C=O) groups is 1. The minimum Gasteiger partial charge on any atom is -0.463 e. The van der Waals surface area contributed by atoms with Crippen molar-refractivity contribution < 1.29 is 13.6 Å². The van der Waals surface area contributed by atoms with E-state index in [1.165, 1.54) is 23.2 Å². The Hall–Kier alpha value is -3.39. The number of halogens is 2. The van der Waals surface area contributed by atoms with Gasteiger partial charge in [0.05, 0.1) is 12.8 Å². The van der Waals surface area contributed by atoms with Crippen molar-refractivity contribution in [1.82, 2.24) is 20.0 Å². The third kappa shape index (κ3) is 3.61. The van der Waals surface area contributed by atoms with Crippen molar-refractivity contribution in [3.63, 3.8) is 0 Å². The number of furan rings is 1. The van der Waals surface area contributed by atoms with E-state index in [0.717, 1.165) is 0 Å². The van der Waals surface area contributed by atoms with Crippen molar-refractivity contribution in [3.05, 3.63) is 77.0 Å². The Morgan fingerprint density at radius 2 is 2.15 bits per heavy atom. The average molecular weight is 386 g/mol. The summed E-state index contributed by atoms with van der Waals surface area (Å²) in [5.74, 6) is -0.0897. The topological polar surface area (TPSA) is 88.7 Å². The Labute approximate surface area is 157 Å². The highest BCUT2D eigenvalue weighted by Crippen LogP contribution is 2.22. The number of aromatic amines is 1. The second kappa shape index (κ2) is 7.08. The Balaban J connectivity index is 1.49. The summed E-state index contributed by atoms with van der Waals surface area (Å²) in [6, 6.07) is 11.4. The summed E-state index contributed by atoms with van der Waals surface area (Å²) >= 11 is 6.13. The molecule has 0 atom stereocenters. The zero-order valence-electron chi connectivity index (χ0n) is 13.8. The van der Waals surface area contributed by atoms with Gasteiger partial charge in [-0.3, -0.25) is 14.6 Å². The molecule has 4 aromatic rings. The SMILES string of the molecule is O=C(Nc1nn(Cc2ccccc2F)cc1Cl)c1cc(-c2ccco2)[nH]n1. The molecule has 0 unspecified atom stereocenters. The minimum absolute atomic E-state index is 0.154. The number of hydrogen-bond donors (Lipinski definition) is 2. The van der Waals surface area contributed by atoms with E-state index in [0.29, 0.717) is 17.0 Å². The molecule has 0 aliphatic rings. The van der Waals surface area contributed by atoms with Gasteiger partial charge in [0.1, 0.15) is 16.5 Å². The quantitative estimate of drug-likeness (QED) is 0.544. The number of H-pyrrole nitrogens is 1. The molecule has 27 heavy (non-hydrogen) atoms. The molecular weight excluding hydrogens is 373 g/mol. The van der Waals surface area contributed by atoms with Crippen LogP contribution in [0.4, 0.5) is 10.2 Å². The molecule has 2 N–H and O–H groups in total. The first-order valence-electron chi connectivity index (χ1n) is 7.97. The van der Waals surface area contributed by atoms with Gasteiger partial charge in [0, 0.05) is 17.8 Å². The number of amides is 1. The molecule has 1 aromatic carbocycles. The fraction of sp³-hybridized carbons (Fsp3) is 0.0556. The van der Waals surface area contributed by atoms with Crippen molar-refractivity contribution in [2.24, 2.45) is 0 Å². The van der Waals surface area contributed by atoms with E-state index < -0.39 is 5.91 Å². The second-order valence-electron chi connectivity index (χ2n) is 5.71. The van der Waals surface area contributed by atoms with Crippen LogP contribution in [-0.4, -0.2) is 25.9 Å². The highest BCUT2D eigenvalue weighted by molar-refractivity contribution is 6.33. The molecule has 136 valence electrons.